The molecule has 43 heavy (non-hydrogen) atoms. The molecule has 4 amide bonds. The van der Waals surface area contributed by atoms with Gasteiger partial charge in [-0.15, -0.1) is 0 Å². The molecule has 2 N–H and O–H groups in total. The Labute approximate surface area is 256 Å². The van der Waals surface area contributed by atoms with Gasteiger partial charge in [0.15, 0.2) is 6.10 Å². The topological polar surface area (TPSA) is 106 Å². The second-order valence-electron chi connectivity index (χ2n) is 11.9. The summed E-state index contributed by atoms with van der Waals surface area (Å²) in [6, 6.07) is 11.2. The van der Waals surface area contributed by atoms with E-state index in [4.69, 9.17) is 20.4 Å². The zero-order valence-corrected chi connectivity index (χ0v) is 25.0. The highest BCUT2D eigenvalue weighted by atomic mass is 16.6. The number of phenolic OH excluding ortho intramolecular Hbond substituents is 1. The molecule has 3 aliphatic heterocycles. The number of rotatable bonds is 6. The lowest BCUT2D eigenvalue weighted by molar-refractivity contribution is -0.143. The minimum Gasteiger partial charge on any atom is -0.509 e. The predicted octanol–water partition coefficient (Wildman–Crippen LogP) is 1.13. The van der Waals surface area contributed by atoms with Crippen LogP contribution in [0.2, 0.25) is 0 Å². The van der Waals surface area contributed by atoms with Crippen molar-refractivity contribution < 1.29 is 24.2 Å². The fourth-order valence-electron chi connectivity index (χ4n) is 6.21. The molecule has 0 saturated carbocycles. The van der Waals surface area contributed by atoms with Crippen molar-refractivity contribution in [3.8, 4) is 5.75 Å². The quantitative estimate of drug-likeness (QED) is 0.495. The highest BCUT2D eigenvalue weighted by molar-refractivity contribution is 6.41. The van der Waals surface area contributed by atoms with E-state index < -0.39 is 12.2 Å². The van der Waals surface area contributed by atoms with Gasteiger partial charge in [-0.3, -0.25) is 9.69 Å². The number of carbonyl (C=O) groups is 3. The number of benzene rings is 2. The Balaban J connectivity index is 1.23. The summed E-state index contributed by atoms with van der Waals surface area (Å²) in [5.74, 6) is -0.476. The van der Waals surface area contributed by atoms with Gasteiger partial charge in [0.1, 0.15) is 21.4 Å². The van der Waals surface area contributed by atoms with E-state index >= 15 is 0 Å². The first kappa shape index (κ1) is 30.8. The van der Waals surface area contributed by atoms with E-state index in [1.165, 1.54) is 0 Å². The Morgan fingerprint density at radius 2 is 1.63 bits per heavy atom. The molecule has 4 radical (unpaired) electrons. The fourth-order valence-corrected chi connectivity index (χ4v) is 6.21. The maximum absolute atomic E-state index is 13.7. The molecule has 0 bridgehead atoms. The van der Waals surface area contributed by atoms with Crippen LogP contribution in [-0.4, -0.2) is 122 Å². The number of aromatic hydroxyl groups is 1. The zero-order valence-electron chi connectivity index (χ0n) is 25.0. The van der Waals surface area contributed by atoms with Crippen molar-refractivity contribution in [2.45, 2.75) is 57.7 Å². The third-order valence-electron chi connectivity index (χ3n) is 8.83. The van der Waals surface area contributed by atoms with Gasteiger partial charge in [0, 0.05) is 70.0 Å². The number of hydrogen-bond acceptors (Lipinski definition) is 6. The molecule has 2 saturated heterocycles. The van der Waals surface area contributed by atoms with Crippen molar-refractivity contribution in [1.82, 2.24) is 19.6 Å². The molecular weight excluding hydrogens is 544 g/mol. The minimum absolute atomic E-state index is 0.00371. The number of para-hydroxylation sites is 1. The SMILES string of the molecule is [B]c1cc(C[C@@H](OC(=O)N2CCC(N3CCc4ccccc4NC3=O)CC2)C(=O)N2CCN(C(C)C)CC2)cc([B])c1O. The first-order valence-electron chi connectivity index (χ1n) is 15.1. The second-order valence-corrected chi connectivity index (χ2v) is 11.9. The molecule has 2 aromatic rings. The normalized spacial score (nSPS) is 19.0. The van der Waals surface area contributed by atoms with Crippen molar-refractivity contribution in [2.75, 3.05) is 51.1 Å². The van der Waals surface area contributed by atoms with Gasteiger partial charge in [-0.1, -0.05) is 41.3 Å². The van der Waals surface area contributed by atoms with Crippen LogP contribution in [-0.2, 0) is 22.4 Å². The lowest BCUT2D eigenvalue weighted by Crippen LogP contribution is -2.54. The molecule has 0 aromatic heterocycles. The minimum atomic E-state index is -1.07. The third kappa shape index (κ3) is 7.12. The van der Waals surface area contributed by atoms with Gasteiger partial charge in [-0.2, -0.15) is 0 Å². The van der Waals surface area contributed by atoms with Crippen LogP contribution in [0.25, 0.3) is 0 Å². The largest absolute Gasteiger partial charge is 0.509 e. The number of nitrogens with zero attached hydrogens (tertiary/aromatic N) is 4. The van der Waals surface area contributed by atoms with Crippen LogP contribution in [0.4, 0.5) is 15.3 Å². The molecule has 224 valence electrons. The Morgan fingerprint density at radius 3 is 2.28 bits per heavy atom. The van der Waals surface area contributed by atoms with Crippen LogP contribution in [0.15, 0.2) is 36.4 Å². The monoisotopic (exact) mass is 583 g/mol. The van der Waals surface area contributed by atoms with E-state index in [9.17, 15) is 19.5 Å². The Bertz CT molecular complexity index is 1320. The van der Waals surface area contributed by atoms with Gasteiger partial charge >= 0.3 is 12.1 Å². The number of hydrogen-bond donors (Lipinski definition) is 2. The molecular formula is C31H39B2N5O5. The van der Waals surface area contributed by atoms with Crippen LogP contribution in [0.1, 0.15) is 37.8 Å². The van der Waals surface area contributed by atoms with Crippen LogP contribution in [0.3, 0.4) is 0 Å². The maximum Gasteiger partial charge on any atom is 0.410 e. The zero-order chi connectivity index (χ0) is 30.7. The van der Waals surface area contributed by atoms with Crippen molar-refractivity contribution in [2.24, 2.45) is 0 Å². The van der Waals surface area contributed by atoms with Crippen LogP contribution >= 0.6 is 0 Å². The number of phenols is 1. The van der Waals surface area contributed by atoms with E-state index in [1.807, 2.05) is 29.2 Å². The number of piperazine rings is 1. The predicted molar refractivity (Wildman–Crippen MR) is 167 cm³/mol. The summed E-state index contributed by atoms with van der Waals surface area (Å²) in [6.45, 7) is 8.25. The number of ether oxygens (including phenoxy) is 1. The van der Waals surface area contributed by atoms with Crippen molar-refractivity contribution >= 4 is 50.3 Å². The second kappa shape index (κ2) is 13.3. The molecule has 0 aliphatic carbocycles. The van der Waals surface area contributed by atoms with Crippen LogP contribution < -0.4 is 16.2 Å². The maximum atomic E-state index is 13.7. The highest BCUT2D eigenvalue weighted by Gasteiger charge is 2.35. The van der Waals surface area contributed by atoms with Crippen molar-refractivity contribution in [3.05, 3.63) is 47.5 Å². The number of piperidine rings is 1. The van der Waals surface area contributed by atoms with E-state index in [0.717, 1.165) is 30.8 Å². The number of likely N-dealkylation sites (tertiary alicyclic amines) is 1. The van der Waals surface area contributed by atoms with Crippen LogP contribution in [0, 0.1) is 0 Å². The fraction of sp³-hybridized carbons (Fsp3) is 0.516. The lowest BCUT2D eigenvalue weighted by Gasteiger charge is -2.39. The summed E-state index contributed by atoms with van der Waals surface area (Å²) in [7, 11) is 11.8. The van der Waals surface area contributed by atoms with Gasteiger partial charge in [0.25, 0.3) is 5.91 Å². The van der Waals surface area contributed by atoms with E-state index in [-0.39, 0.29) is 41.1 Å². The first-order valence-corrected chi connectivity index (χ1v) is 15.1. The standard InChI is InChI=1S/C31H39B2N5O5/c1-20(2)35-13-15-36(16-14-35)29(40)27(19-21-17-24(32)28(39)25(33)18-21)43-31(42)37-10-8-23(9-11-37)38-12-7-22-5-3-4-6-26(22)34-30(38)41/h3-6,17-18,20,23,27,39H,7-16,19H2,1-2H3,(H,34,41)/t27-/m1/s1. The summed E-state index contributed by atoms with van der Waals surface area (Å²) in [5.41, 5.74) is 2.74. The number of fused-ring (bicyclic) bond motifs is 1. The van der Waals surface area contributed by atoms with Crippen LogP contribution in [0.5, 0.6) is 5.75 Å². The number of carbonyl (C=O) groups excluding carboxylic acids is 3. The van der Waals surface area contributed by atoms with Gasteiger partial charge in [0.05, 0.1) is 0 Å². The molecule has 0 spiro atoms. The average molecular weight is 583 g/mol. The molecule has 12 heteroatoms. The molecule has 10 nitrogen and oxygen atoms in total. The molecule has 5 rings (SSSR count). The van der Waals surface area contributed by atoms with Gasteiger partial charge < -0.3 is 29.9 Å². The van der Waals surface area contributed by atoms with E-state index in [0.29, 0.717) is 57.2 Å². The Kier molecular flexibility index (Phi) is 9.54. The molecule has 2 fully saturated rings. The summed E-state index contributed by atoms with van der Waals surface area (Å²) in [5, 5.41) is 13.0. The molecule has 3 aliphatic rings. The lowest BCUT2D eigenvalue weighted by atomic mass is 9.83. The smallest absolute Gasteiger partial charge is 0.410 e. The van der Waals surface area contributed by atoms with Crippen molar-refractivity contribution in [1.29, 1.82) is 0 Å². The summed E-state index contributed by atoms with van der Waals surface area (Å²) >= 11 is 0. The highest BCUT2D eigenvalue weighted by Crippen LogP contribution is 2.25. The summed E-state index contributed by atoms with van der Waals surface area (Å²) < 4.78 is 5.90. The number of amides is 4. The first-order chi connectivity index (χ1) is 20.6. The number of urea groups is 1. The van der Waals surface area contributed by atoms with Crippen molar-refractivity contribution in [3.63, 3.8) is 0 Å². The molecule has 1 atom stereocenters. The summed E-state index contributed by atoms with van der Waals surface area (Å²) in [6.07, 6.45) is 0.422. The third-order valence-corrected chi connectivity index (χ3v) is 8.83. The van der Waals surface area contributed by atoms with E-state index in [1.54, 1.807) is 21.9 Å². The number of nitrogens with one attached hydrogen (secondary N) is 1. The average Bonchev–Trinajstić information content (AvgIpc) is 3.17. The van der Waals surface area contributed by atoms with Gasteiger partial charge in [-0.05, 0) is 50.3 Å². The molecule has 0 unspecified atom stereocenters. The van der Waals surface area contributed by atoms with E-state index in [2.05, 4.69) is 24.1 Å². The summed E-state index contributed by atoms with van der Waals surface area (Å²) in [4.78, 5) is 47.6. The molecule has 2 aromatic carbocycles. The van der Waals surface area contributed by atoms with Gasteiger partial charge in [-0.25, -0.2) is 9.59 Å². The van der Waals surface area contributed by atoms with Gasteiger partial charge in [0.2, 0.25) is 0 Å². The number of anilines is 1. The Morgan fingerprint density at radius 1 is 0.977 bits per heavy atom. The Hall–Kier alpha value is -3.66. The molecule has 3 heterocycles.